The van der Waals surface area contributed by atoms with Gasteiger partial charge in [0, 0.05) is 58.7 Å². The summed E-state index contributed by atoms with van der Waals surface area (Å²) in [4.78, 5) is 34.9. The second-order valence-electron chi connectivity index (χ2n) is 4.56. The maximum Gasteiger partial charge on any atom is 0.407 e. The van der Waals surface area contributed by atoms with Gasteiger partial charge >= 0.3 is 18.3 Å². The molecule has 4 N–H and O–H groups in total. The lowest BCUT2D eigenvalue weighted by Crippen LogP contribution is -2.49. The van der Waals surface area contributed by atoms with Crippen molar-refractivity contribution < 1.29 is 29.7 Å². The predicted octanol–water partition coefficient (Wildman–Crippen LogP) is 0.385. The summed E-state index contributed by atoms with van der Waals surface area (Å²) in [5.41, 5.74) is 0. The Hall–Kier alpha value is -1.94. The predicted molar refractivity (Wildman–Crippen MR) is 83.4 cm³/mol. The number of hydrogen-bond acceptors (Lipinski definition) is 4. The van der Waals surface area contributed by atoms with Gasteiger partial charge in [-0.25, -0.2) is 14.4 Å². The number of carbonyl (C=O) groups is 3. The van der Waals surface area contributed by atoms with Crippen LogP contribution in [-0.4, -0.2) is 107 Å². The van der Waals surface area contributed by atoms with Crippen LogP contribution in [0, 0.1) is 0 Å². The first-order valence-corrected chi connectivity index (χ1v) is 7.69. The molecule has 0 aromatic carbocycles. The molecule has 0 aromatic heterocycles. The average Bonchev–Trinajstić information content (AvgIpc) is 2.58. The third kappa shape index (κ3) is 8.31. The van der Waals surface area contributed by atoms with Crippen LogP contribution in [0.25, 0.3) is 0 Å². The highest BCUT2D eigenvalue weighted by Gasteiger charge is 2.22. The summed E-state index contributed by atoms with van der Waals surface area (Å²) in [6.45, 7) is 3.87. The second kappa shape index (κ2) is 11.6. The van der Waals surface area contributed by atoms with E-state index >= 15 is 0 Å². The Bertz CT molecular complexity index is 362. The smallest absolute Gasteiger partial charge is 0.407 e. The van der Waals surface area contributed by atoms with Crippen LogP contribution in [0.4, 0.5) is 14.4 Å². The number of nitrogens with one attached hydrogen (secondary N) is 1. The largest absolute Gasteiger partial charge is 0.465 e. The van der Waals surface area contributed by atoms with Crippen molar-refractivity contribution in [2.24, 2.45) is 0 Å². The van der Waals surface area contributed by atoms with E-state index in [-0.39, 0.29) is 26.2 Å². The van der Waals surface area contributed by atoms with E-state index < -0.39 is 18.3 Å². The van der Waals surface area contributed by atoms with Gasteiger partial charge in [0.05, 0.1) is 0 Å². The molecule has 0 atom stereocenters. The van der Waals surface area contributed by atoms with Crippen LogP contribution in [0.5, 0.6) is 0 Å². The Morgan fingerprint density at radius 2 is 0.957 bits per heavy atom. The van der Waals surface area contributed by atoms with Gasteiger partial charge in [0.1, 0.15) is 0 Å². The lowest BCUT2D eigenvalue weighted by molar-refractivity contribution is 0.0941. The van der Waals surface area contributed by atoms with E-state index in [1.54, 1.807) is 0 Å². The standard InChI is InChI=1S/C6H10N2O4.C5H10N2O2.CH3Cl/c9-5(10)7-1-2-8(4-3-7)6(11)12;8-5(9)7-3-1-6-2-4-7;1-2/h1-4H2,(H,9,10)(H,11,12);6H,1-4H2,(H,8,9);1H3. The van der Waals surface area contributed by atoms with Crippen molar-refractivity contribution in [3.63, 3.8) is 0 Å². The van der Waals surface area contributed by atoms with Gasteiger partial charge in [0.2, 0.25) is 0 Å². The minimum Gasteiger partial charge on any atom is -0.465 e. The number of piperazine rings is 2. The molecule has 0 aromatic rings. The second-order valence-corrected chi connectivity index (χ2v) is 4.56. The van der Waals surface area contributed by atoms with E-state index in [0.717, 1.165) is 13.1 Å². The molecule has 0 spiro atoms. The first-order valence-electron chi connectivity index (χ1n) is 6.94. The molecule has 2 fully saturated rings. The molecule has 2 saturated heterocycles. The number of nitrogens with zero attached hydrogens (tertiary/aromatic N) is 3. The summed E-state index contributed by atoms with van der Waals surface area (Å²) in [6.07, 6.45) is -1.31. The summed E-state index contributed by atoms with van der Waals surface area (Å²) in [5.74, 6) is 0. The lowest BCUT2D eigenvalue weighted by atomic mass is 10.3. The van der Waals surface area contributed by atoms with Crippen LogP contribution in [0.3, 0.4) is 0 Å². The Balaban J connectivity index is 0.000000392. The topological polar surface area (TPSA) is 134 Å². The van der Waals surface area contributed by atoms with Crippen molar-refractivity contribution >= 4 is 29.9 Å². The van der Waals surface area contributed by atoms with E-state index in [1.165, 1.54) is 21.1 Å². The molecule has 10 nitrogen and oxygen atoms in total. The SMILES string of the molecule is CCl.O=C(O)N1CCN(C(=O)O)CC1.O=C(O)N1CCNCC1. The zero-order valence-corrected chi connectivity index (χ0v) is 13.7. The van der Waals surface area contributed by atoms with Gasteiger partial charge in [-0.1, -0.05) is 0 Å². The molecule has 0 aliphatic carbocycles. The number of carboxylic acid groups (broad SMARTS) is 3. The fraction of sp³-hybridized carbons (Fsp3) is 0.750. The molecular formula is C12H23ClN4O6. The maximum absolute atomic E-state index is 10.4. The van der Waals surface area contributed by atoms with E-state index in [0.29, 0.717) is 13.1 Å². The number of rotatable bonds is 0. The molecule has 23 heavy (non-hydrogen) atoms. The Kier molecular flexibility index (Phi) is 10.6. The third-order valence-corrected chi connectivity index (χ3v) is 3.21. The Labute approximate surface area is 139 Å². The zero-order chi connectivity index (χ0) is 17.8. The molecule has 2 heterocycles. The highest BCUT2D eigenvalue weighted by Crippen LogP contribution is 2.01. The Morgan fingerprint density at radius 1 is 0.696 bits per heavy atom. The van der Waals surface area contributed by atoms with Crippen molar-refractivity contribution in [1.29, 1.82) is 0 Å². The van der Waals surface area contributed by atoms with E-state index in [2.05, 4.69) is 16.9 Å². The fourth-order valence-corrected chi connectivity index (χ4v) is 1.95. The molecule has 0 saturated carbocycles. The summed E-state index contributed by atoms with van der Waals surface area (Å²) in [6, 6.07) is 0. The lowest BCUT2D eigenvalue weighted by Gasteiger charge is -2.31. The Morgan fingerprint density at radius 3 is 1.17 bits per heavy atom. The van der Waals surface area contributed by atoms with Crippen molar-refractivity contribution in [1.82, 2.24) is 20.0 Å². The van der Waals surface area contributed by atoms with E-state index in [1.807, 2.05) is 0 Å². The van der Waals surface area contributed by atoms with E-state index in [4.69, 9.17) is 15.3 Å². The van der Waals surface area contributed by atoms with Gasteiger partial charge in [0.25, 0.3) is 0 Å². The first kappa shape index (κ1) is 21.1. The molecular weight excluding hydrogens is 332 g/mol. The van der Waals surface area contributed by atoms with Gasteiger partial charge in [-0.05, 0) is 0 Å². The normalized spacial score (nSPS) is 17.2. The fourth-order valence-electron chi connectivity index (χ4n) is 1.95. The van der Waals surface area contributed by atoms with Crippen LogP contribution in [0.1, 0.15) is 0 Å². The monoisotopic (exact) mass is 354 g/mol. The third-order valence-electron chi connectivity index (χ3n) is 3.21. The summed E-state index contributed by atoms with van der Waals surface area (Å²) < 4.78 is 0. The number of alkyl halides is 1. The molecule has 134 valence electrons. The highest BCUT2D eigenvalue weighted by molar-refractivity contribution is 6.15. The minimum absolute atomic E-state index is 0.266. The summed E-state index contributed by atoms with van der Waals surface area (Å²) in [7, 11) is 0. The number of hydrogen-bond donors (Lipinski definition) is 4. The number of halogens is 1. The van der Waals surface area contributed by atoms with Crippen LogP contribution in [0.2, 0.25) is 0 Å². The van der Waals surface area contributed by atoms with Gasteiger partial charge in [-0.15, -0.1) is 11.6 Å². The summed E-state index contributed by atoms with van der Waals surface area (Å²) >= 11 is 4.64. The van der Waals surface area contributed by atoms with Gasteiger partial charge in [-0.3, -0.25) is 0 Å². The van der Waals surface area contributed by atoms with Gasteiger partial charge in [0.15, 0.2) is 0 Å². The first-order chi connectivity index (χ1) is 10.9. The molecule has 0 radical (unpaired) electrons. The molecule has 2 rings (SSSR count). The summed E-state index contributed by atoms with van der Waals surface area (Å²) in [5, 5.41) is 28.5. The molecule has 2 aliphatic heterocycles. The van der Waals surface area contributed by atoms with Crippen LogP contribution >= 0.6 is 11.6 Å². The number of amides is 3. The highest BCUT2D eigenvalue weighted by atomic mass is 35.5. The van der Waals surface area contributed by atoms with Crippen molar-refractivity contribution in [2.45, 2.75) is 0 Å². The van der Waals surface area contributed by atoms with E-state index in [9.17, 15) is 14.4 Å². The van der Waals surface area contributed by atoms with Gasteiger partial charge < -0.3 is 35.3 Å². The molecule has 0 bridgehead atoms. The maximum atomic E-state index is 10.4. The van der Waals surface area contributed by atoms with Crippen molar-refractivity contribution in [3.8, 4) is 0 Å². The van der Waals surface area contributed by atoms with Crippen molar-refractivity contribution in [2.75, 3.05) is 58.7 Å². The molecule has 3 amide bonds. The average molecular weight is 355 g/mol. The van der Waals surface area contributed by atoms with Crippen LogP contribution < -0.4 is 5.32 Å². The zero-order valence-electron chi connectivity index (χ0n) is 12.9. The van der Waals surface area contributed by atoms with Gasteiger partial charge in [-0.2, -0.15) is 0 Å². The minimum atomic E-state index is -0.986. The molecule has 0 unspecified atom stereocenters. The van der Waals surface area contributed by atoms with Crippen LogP contribution in [-0.2, 0) is 0 Å². The van der Waals surface area contributed by atoms with Crippen molar-refractivity contribution in [3.05, 3.63) is 0 Å². The molecule has 11 heteroatoms. The molecule has 2 aliphatic rings. The van der Waals surface area contributed by atoms with Crippen LogP contribution in [0.15, 0.2) is 0 Å². The quantitative estimate of drug-likeness (QED) is 0.462.